The minimum absolute atomic E-state index is 0.0306. The third-order valence-corrected chi connectivity index (χ3v) is 6.30. The zero-order valence-electron chi connectivity index (χ0n) is 15.6. The van der Waals surface area contributed by atoms with Crippen LogP contribution in [0.15, 0.2) is 0 Å². The number of carbonyl (C=O) groups is 1. The summed E-state index contributed by atoms with van der Waals surface area (Å²) in [7, 11) is 0. The average molecular weight is 383 g/mol. The van der Waals surface area contributed by atoms with Crippen molar-refractivity contribution in [1.29, 1.82) is 0 Å². The lowest BCUT2D eigenvalue weighted by Gasteiger charge is -2.38. The first-order valence-electron chi connectivity index (χ1n) is 8.91. The molecule has 2 heterocycles. The van der Waals surface area contributed by atoms with E-state index < -0.39 is 0 Å². The van der Waals surface area contributed by atoms with Crippen molar-refractivity contribution < 1.29 is 14.8 Å². The molecule has 25 heavy (non-hydrogen) atoms. The first kappa shape index (κ1) is 18.6. The fourth-order valence-electron chi connectivity index (χ4n) is 3.76. The van der Waals surface area contributed by atoms with Gasteiger partial charge in [-0.2, -0.15) is 0 Å². The van der Waals surface area contributed by atoms with Crippen LogP contribution >= 0.6 is 23.6 Å². The van der Waals surface area contributed by atoms with Gasteiger partial charge in [-0.3, -0.25) is 0 Å². The number of anilines is 1. The molecule has 0 atom stereocenters. The van der Waals surface area contributed by atoms with Crippen molar-refractivity contribution in [2.45, 2.75) is 71.0 Å². The SMILES string of the molecule is CCOC(=O)c1c(NC(=S)NC2CC2)sc2c1CC(C)(C)[NH2+]C2(C)C. The number of nitrogens with one attached hydrogen (secondary N) is 2. The maximum absolute atomic E-state index is 12.7. The monoisotopic (exact) mass is 382 g/mol. The number of esters is 1. The second-order valence-corrected chi connectivity index (χ2v) is 9.67. The highest BCUT2D eigenvalue weighted by atomic mass is 32.1. The number of fused-ring (bicyclic) bond motifs is 1. The normalized spacial score (nSPS) is 20.5. The quantitative estimate of drug-likeness (QED) is 0.552. The Hall–Kier alpha value is -1.18. The van der Waals surface area contributed by atoms with Crippen LogP contribution < -0.4 is 16.0 Å². The van der Waals surface area contributed by atoms with Crippen LogP contribution in [0.2, 0.25) is 0 Å². The summed E-state index contributed by atoms with van der Waals surface area (Å²) >= 11 is 7.06. The van der Waals surface area contributed by atoms with Crippen LogP contribution in [0.5, 0.6) is 0 Å². The summed E-state index contributed by atoms with van der Waals surface area (Å²) in [6, 6.07) is 0.476. The topological polar surface area (TPSA) is 67.0 Å². The van der Waals surface area contributed by atoms with E-state index in [0.29, 0.717) is 23.3 Å². The van der Waals surface area contributed by atoms with Crippen molar-refractivity contribution in [1.82, 2.24) is 5.32 Å². The Morgan fingerprint density at radius 3 is 2.64 bits per heavy atom. The van der Waals surface area contributed by atoms with Gasteiger partial charge in [0.25, 0.3) is 0 Å². The number of hydrogen-bond acceptors (Lipinski definition) is 4. The number of rotatable bonds is 4. The molecular weight excluding hydrogens is 354 g/mol. The minimum Gasteiger partial charge on any atom is -0.462 e. The maximum Gasteiger partial charge on any atom is 0.341 e. The molecule has 3 rings (SSSR count). The summed E-state index contributed by atoms with van der Waals surface area (Å²) in [5.41, 5.74) is 1.71. The Labute approximate surface area is 158 Å². The molecule has 1 aromatic heterocycles. The van der Waals surface area contributed by atoms with E-state index in [4.69, 9.17) is 17.0 Å². The van der Waals surface area contributed by atoms with Crippen LogP contribution in [0.4, 0.5) is 5.00 Å². The highest BCUT2D eigenvalue weighted by Gasteiger charge is 2.45. The van der Waals surface area contributed by atoms with Crippen LogP contribution in [-0.2, 0) is 16.7 Å². The summed E-state index contributed by atoms with van der Waals surface area (Å²) in [4.78, 5) is 13.9. The second kappa shape index (κ2) is 6.52. The molecule has 0 radical (unpaired) electrons. The molecule has 0 spiro atoms. The number of ether oxygens (including phenoxy) is 1. The lowest BCUT2D eigenvalue weighted by molar-refractivity contribution is -0.789. The molecule has 0 saturated heterocycles. The molecule has 5 nitrogen and oxygen atoms in total. The summed E-state index contributed by atoms with van der Waals surface area (Å²) in [6.07, 6.45) is 3.15. The molecule has 2 aliphatic rings. The molecule has 138 valence electrons. The number of nitrogens with two attached hydrogens (primary N) is 1. The predicted octanol–water partition coefficient (Wildman–Crippen LogP) is 2.51. The van der Waals surface area contributed by atoms with Gasteiger partial charge in [-0.05, 0) is 65.2 Å². The van der Waals surface area contributed by atoms with E-state index in [0.717, 1.165) is 29.8 Å². The molecule has 1 fully saturated rings. The molecule has 7 heteroatoms. The number of quaternary nitrogens is 1. The lowest BCUT2D eigenvalue weighted by atomic mass is 9.81. The molecule has 1 aromatic rings. The molecule has 4 N–H and O–H groups in total. The number of hydrogen-bond donors (Lipinski definition) is 3. The molecule has 0 bridgehead atoms. The lowest BCUT2D eigenvalue weighted by Crippen LogP contribution is -3.03. The molecule has 0 unspecified atom stereocenters. The standard InChI is InChI=1S/C18H27N3O2S2/c1-6-23-15(22)12-11-9-17(2,3)21-18(4,5)13(11)25-14(12)20-16(24)19-10-7-8-10/h10,21H,6-9H2,1-5H3,(H2,19,20,24)/p+1. The molecule has 1 saturated carbocycles. The molecule has 0 amide bonds. The Bertz CT molecular complexity index is 705. The second-order valence-electron chi connectivity index (χ2n) is 8.24. The van der Waals surface area contributed by atoms with Gasteiger partial charge in [-0.15, -0.1) is 11.3 Å². The van der Waals surface area contributed by atoms with Crippen LogP contribution in [0.25, 0.3) is 0 Å². The van der Waals surface area contributed by atoms with Crippen molar-refractivity contribution in [3.05, 3.63) is 16.0 Å². The van der Waals surface area contributed by atoms with Gasteiger partial charge < -0.3 is 20.7 Å². The van der Waals surface area contributed by atoms with Gasteiger partial charge >= 0.3 is 5.97 Å². The van der Waals surface area contributed by atoms with E-state index in [1.807, 2.05) is 6.92 Å². The van der Waals surface area contributed by atoms with Gasteiger partial charge in [-0.25, -0.2) is 4.79 Å². The molecular formula is C18H28N3O2S2+. The van der Waals surface area contributed by atoms with Crippen molar-refractivity contribution in [2.75, 3.05) is 11.9 Å². The highest BCUT2D eigenvalue weighted by molar-refractivity contribution is 7.80. The van der Waals surface area contributed by atoms with Crippen molar-refractivity contribution in [3.8, 4) is 0 Å². The zero-order valence-corrected chi connectivity index (χ0v) is 17.2. The van der Waals surface area contributed by atoms with Crippen LogP contribution in [0, 0.1) is 0 Å². The summed E-state index contributed by atoms with van der Waals surface area (Å²) in [6.45, 7) is 11.1. The third kappa shape index (κ3) is 3.99. The molecule has 1 aliphatic carbocycles. The van der Waals surface area contributed by atoms with E-state index >= 15 is 0 Å². The van der Waals surface area contributed by atoms with Gasteiger partial charge in [0.1, 0.15) is 10.5 Å². The van der Waals surface area contributed by atoms with Gasteiger partial charge in [0.05, 0.1) is 22.6 Å². The summed E-state index contributed by atoms with van der Waals surface area (Å²) in [5.74, 6) is -0.259. The number of carbonyl (C=O) groups excluding carboxylic acids is 1. The van der Waals surface area contributed by atoms with Gasteiger partial charge in [0.15, 0.2) is 5.11 Å². The maximum atomic E-state index is 12.7. The first-order chi connectivity index (χ1) is 11.6. The van der Waals surface area contributed by atoms with E-state index in [2.05, 4.69) is 43.6 Å². The fraction of sp³-hybridized carbons (Fsp3) is 0.667. The van der Waals surface area contributed by atoms with Gasteiger partial charge in [0, 0.05) is 12.5 Å². The third-order valence-electron chi connectivity index (χ3n) is 4.60. The first-order valence-corrected chi connectivity index (χ1v) is 10.1. The molecule has 1 aliphatic heterocycles. The molecule has 0 aromatic carbocycles. The van der Waals surface area contributed by atoms with Crippen LogP contribution in [-0.4, -0.2) is 29.3 Å². The minimum atomic E-state index is -0.259. The predicted molar refractivity (Wildman–Crippen MR) is 105 cm³/mol. The Morgan fingerprint density at radius 1 is 1.36 bits per heavy atom. The van der Waals surface area contributed by atoms with Crippen molar-refractivity contribution >= 4 is 39.6 Å². The van der Waals surface area contributed by atoms with E-state index in [9.17, 15) is 4.79 Å². The number of thiocarbonyl (C=S) groups is 1. The number of thiophene rings is 1. The van der Waals surface area contributed by atoms with Crippen LogP contribution in [0.3, 0.4) is 0 Å². The fourth-order valence-corrected chi connectivity index (χ4v) is 5.38. The Kier molecular flexibility index (Phi) is 4.85. The average Bonchev–Trinajstić information content (AvgIpc) is 3.17. The Morgan fingerprint density at radius 2 is 2.04 bits per heavy atom. The zero-order chi connectivity index (χ0) is 18.4. The summed E-state index contributed by atoms with van der Waals surface area (Å²) in [5, 5.41) is 10.3. The Balaban J connectivity index is 2.00. The van der Waals surface area contributed by atoms with Gasteiger partial charge in [-0.1, -0.05) is 0 Å². The highest BCUT2D eigenvalue weighted by Crippen LogP contribution is 2.42. The smallest absolute Gasteiger partial charge is 0.341 e. The van der Waals surface area contributed by atoms with E-state index in [-0.39, 0.29) is 17.0 Å². The van der Waals surface area contributed by atoms with E-state index in [1.54, 1.807) is 11.3 Å². The van der Waals surface area contributed by atoms with Crippen LogP contribution in [0.1, 0.15) is 68.3 Å². The van der Waals surface area contributed by atoms with Crippen molar-refractivity contribution in [3.63, 3.8) is 0 Å². The van der Waals surface area contributed by atoms with Gasteiger partial charge in [0.2, 0.25) is 0 Å². The largest absolute Gasteiger partial charge is 0.462 e. The van der Waals surface area contributed by atoms with Crippen molar-refractivity contribution in [2.24, 2.45) is 0 Å². The van der Waals surface area contributed by atoms with E-state index in [1.165, 1.54) is 4.88 Å². The summed E-state index contributed by atoms with van der Waals surface area (Å²) < 4.78 is 5.36.